The van der Waals surface area contributed by atoms with Crippen molar-refractivity contribution in [3.8, 4) is 0 Å². The van der Waals surface area contributed by atoms with Crippen molar-refractivity contribution in [3.05, 3.63) is 0 Å². The molecule has 1 aliphatic carbocycles. The van der Waals surface area contributed by atoms with Crippen molar-refractivity contribution in [2.24, 2.45) is 0 Å². The lowest BCUT2D eigenvalue weighted by Crippen LogP contribution is -2.52. The molecule has 0 bridgehead atoms. The molecule has 0 atom stereocenters. The van der Waals surface area contributed by atoms with Crippen LogP contribution in [0.1, 0.15) is 32.1 Å². The number of hydrogen-bond acceptors (Lipinski definition) is 3. The predicted molar refractivity (Wildman–Crippen MR) is 75.1 cm³/mol. The van der Waals surface area contributed by atoms with Gasteiger partial charge in [0, 0.05) is 32.2 Å². The lowest BCUT2D eigenvalue weighted by molar-refractivity contribution is 0.136. The number of nitrogens with one attached hydrogen (secondary N) is 1. The second-order valence-corrected chi connectivity index (χ2v) is 5.36. The predicted octanol–water partition coefficient (Wildman–Crippen LogP) is 1.50. The molecule has 1 saturated heterocycles. The fraction of sp³-hybridized carbons (Fsp3) is 0.846. The second-order valence-electron chi connectivity index (χ2n) is 5.36. The molecular formula is C13H25N3O4. The molecule has 2 amide bonds. The lowest BCUT2D eigenvalue weighted by Gasteiger charge is -2.34. The number of rotatable bonds is 1. The number of urea groups is 1. The van der Waals surface area contributed by atoms with E-state index in [9.17, 15) is 4.79 Å². The molecule has 1 saturated carbocycles. The summed E-state index contributed by atoms with van der Waals surface area (Å²) >= 11 is 0. The van der Waals surface area contributed by atoms with Crippen molar-refractivity contribution in [1.82, 2.24) is 15.1 Å². The van der Waals surface area contributed by atoms with Crippen LogP contribution in [0, 0.1) is 0 Å². The van der Waals surface area contributed by atoms with Gasteiger partial charge >= 0.3 is 12.2 Å². The summed E-state index contributed by atoms with van der Waals surface area (Å²) in [6.45, 7) is 3.74. The normalized spacial score (nSPS) is 20.8. The van der Waals surface area contributed by atoms with Crippen LogP contribution in [-0.4, -0.2) is 71.5 Å². The van der Waals surface area contributed by atoms with E-state index >= 15 is 0 Å². The molecule has 1 heterocycles. The molecule has 2 rings (SSSR count). The van der Waals surface area contributed by atoms with E-state index in [-0.39, 0.29) is 6.03 Å². The summed E-state index contributed by atoms with van der Waals surface area (Å²) in [6, 6.07) is 0.584. The number of piperazine rings is 1. The molecule has 0 unspecified atom stereocenters. The Balaban J connectivity index is 0.000000444. The Labute approximate surface area is 119 Å². The highest BCUT2D eigenvalue weighted by atomic mass is 16.6. The van der Waals surface area contributed by atoms with Crippen LogP contribution in [0.4, 0.5) is 9.59 Å². The zero-order valence-corrected chi connectivity index (χ0v) is 12.0. The summed E-state index contributed by atoms with van der Waals surface area (Å²) in [5, 5.41) is 17.1. The Kier molecular flexibility index (Phi) is 7.14. The summed E-state index contributed by atoms with van der Waals surface area (Å²) in [6.07, 6.45) is 4.38. The fourth-order valence-electron chi connectivity index (χ4n) is 2.52. The first-order valence-electron chi connectivity index (χ1n) is 7.15. The van der Waals surface area contributed by atoms with Crippen molar-refractivity contribution in [2.75, 3.05) is 33.2 Å². The number of amides is 2. The first-order chi connectivity index (χ1) is 9.49. The first kappa shape index (κ1) is 16.6. The smallest absolute Gasteiger partial charge is 0.450 e. The summed E-state index contributed by atoms with van der Waals surface area (Å²) in [5.41, 5.74) is 0. The number of likely N-dealkylation sites (N-methyl/N-ethyl adjacent to an activating group) is 1. The van der Waals surface area contributed by atoms with E-state index in [1.807, 2.05) is 4.90 Å². The maximum absolute atomic E-state index is 12.0. The van der Waals surface area contributed by atoms with Crippen LogP contribution in [0.25, 0.3) is 0 Å². The summed E-state index contributed by atoms with van der Waals surface area (Å²) in [4.78, 5) is 24.7. The van der Waals surface area contributed by atoms with Gasteiger partial charge in [0.05, 0.1) is 0 Å². The van der Waals surface area contributed by atoms with Crippen molar-refractivity contribution in [1.29, 1.82) is 0 Å². The molecule has 0 radical (unpaired) electrons. The summed E-state index contributed by atoms with van der Waals surface area (Å²) in [7, 11) is 2.11. The van der Waals surface area contributed by atoms with Crippen molar-refractivity contribution in [3.63, 3.8) is 0 Å². The monoisotopic (exact) mass is 287 g/mol. The molecule has 2 aliphatic rings. The minimum atomic E-state index is -1.83. The minimum absolute atomic E-state index is 0.153. The molecule has 0 spiro atoms. The number of carbonyl (C=O) groups excluding carboxylic acids is 1. The SMILES string of the molecule is CN1CCN(C(=O)NC2CCCCC2)CC1.O=C(O)O. The highest BCUT2D eigenvalue weighted by molar-refractivity contribution is 5.74. The van der Waals surface area contributed by atoms with Crippen molar-refractivity contribution in [2.45, 2.75) is 38.1 Å². The van der Waals surface area contributed by atoms with Gasteiger partial charge in [-0.3, -0.25) is 0 Å². The molecule has 3 N–H and O–H groups in total. The molecule has 0 aromatic rings. The Hall–Kier alpha value is -1.50. The van der Waals surface area contributed by atoms with E-state index in [0.717, 1.165) is 26.2 Å². The van der Waals surface area contributed by atoms with Crippen LogP contribution in [0.2, 0.25) is 0 Å². The third kappa shape index (κ3) is 6.60. The quantitative estimate of drug-likeness (QED) is 0.679. The first-order valence-corrected chi connectivity index (χ1v) is 7.15. The topological polar surface area (TPSA) is 93.1 Å². The maximum Gasteiger partial charge on any atom is 0.503 e. The standard InChI is InChI=1S/C12H23N3O.CH2O3/c1-14-7-9-15(10-8-14)12(16)13-11-5-3-2-4-6-11;2-1(3)4/h11H,2-10H2,1H3,(H,13,16);(H2,2,3,4). The van der Waals surface area contributed by atoms with Crippen LogP contribution in [-0.2, 0) is 0 Å². The average molecular weight is 287 g/mol. The molecule has 1 aliphatic heterocycles. The Bertz CT molecular complexity index is 307. The molecule has 7 heteroatoms. The Morgan fingerprint density at radius 2 is 1.50 bits per heavy atom. The van der Waals surface area contributed by atoms with Gasteiger partial charge in [-0.05, 0) is 19.9 Å². The van der Waals surface area contributed by atoms with Gasteiger partial charge in [-0.25, -0.2) is 9.59 Å². The number of hydrogen-bond donors (Lipinski definition) is 3. The Morgan fingerprint density at radius 1 is 1.00 bits per heavy atom. The third-order valence-electron chi connectivity index (χ3n) is 3.72. The van der Waals surface area contributed by atoms with Crippen LogP contribution >= 0.6 is 0 Å². The fourth-order valence-corrected chi connectivity index (χ4v) is 2.52. The summed E-state index contributed by atoms with van der Waals surface area (Å²) in [5.74, 6) is 0. The maximum atomic E-state index is 12.0. The Morgan fingerprint density at radius 3 is 2.00 bits per heavy atom. The van der Waals surface area contributed by atoms with Crippen molar-refractivity contribution < 1.29 is 19.8 Å². The van der Waals surface area contributed by atoms with Crippen LogP contribution in [0.3, 0.4) is 0 Å². The molecule has 116 valence electrons. The molecular weight excluding hydrogens is 262 g/mol. The number of carboxylic acid groups (broad SMARTS) is 2. The van der Waals surface area contributed by atoms with Gasteiger partial charge in [-0.15, -0.1) is 0 Å². The number of carbonyl (C=O) groups is 2. The van der Waals surface area contributed by atoms with Gasteiger partial charge in [-0.1, -0.05) is 19.3 Å². The van der Waals surface area contributed by atoms with E-state index in [4.69, 9.17) is 15.0 Å². The molecule has 20 heavy (non-hydrogen) atoms. The van der Waals surface area contributed by atoms with E-state index < -0.39 is 6.16 Å². The van der Waals surface area contributed by atoms with Gasteiger partial charge in [0.15, 0.2) is 0 Å². The van der Waals surface area contributed by atoms with E-state index in [1.165, 1.54) is 32.1 Å². The molecule has 0 aromatic carbocycles. The van der Waals surface area contributed by atoms with Gasteiger partial charge in [0.2, 0.25) is 0 Å². The van der Waals surface area contributed by atoms with Gasteiger partial charge in [0.25, 0.3) is 0 Å². The summed E-state index contributed by atoms with van der Waals surface area (Å²) < 4.78 is 0. The van der Waals surface area contributed by atoms with Gasteiger partial charge in [-0.2, -0.15) is 0 Å². The third-order valence-corrected chi connectivity index (χ3v) is 3.72. The largest absolute Gasteiger partial charge is 0.503 e. The van der Waals surface area contributed by atoms with E-state index in [2.05, 4.69) is 17.3 Å². The zero-order valence-electron chi connectivity index (χ0n) is 12.0. The van der Waals surface area contributed by atoms with Crippen LogP contribution in [0.5, 0.6) is 0 Å². The van der Waals surface area contributed by atoms with Gasteiger partial charge in [0.1, 0.15) is 0 Å². The van der Waals surface area contributed by atoms with E-state index in [0.29, 0.717) is 6.04 Å². The zero-order chi connectivity index (χ0) is 15.0. The van der Waals surface area contributed by atoms with E-state index in [1.54, 1.807) is 0 Å². The molecule has 0 aromatic heterocycles. The minimum Gasteiger partial charge on any atom is -0.450 e. The highest BCUT2D eigenvalue weighted by Crippen LogP contribution is 2.17. The van der Waals surface area contributed by atoms with Crippen molar-refractivity contribution >= 4 is 12.2 Å². The molecule has 2 fully saturated rings. The van der Waals surface area contributed by atoms with Crippen LogP contribution < -0.4 is 5.32 Å². The highest BCUT2D eigenvalue weighted by Gasteiger charge is 2.22. The van der Waals surface area contributed by atoms with Gasteiger partial charge < -0.3 is 25.3 Å². The second kappa shape index (κ2) is 8.63. The van der Waals surface area contributed by atoms with Crippen LogP contribution in [0.15, 0.2) is 0 Å². The lowest BCUT2D eigenvalue weighted by atomic mass is 9.96. The average Bonchev–Trinajstić information content (AvgIpc) is 2.40. The molecule has 7 nitrogen and oxygen atoms in total. The number of nitrogens with zero attached hydrogens (tertiary/aromatic N) is 2.